The van der Waals surface area contributed by atoms with Crippen LogP contribution in [0.25, 0.3) is 0 Å². The van der Waals surface area contributed by atoms with E-state index in [2.05, 4.69) is 12.2 Å². The highest BCUT2D eigenvalue weighted by Crippen LogP contribution is 2.51. The lowest BCUT2D eigenvalue weighted by Gasteiger charge is -1.99. The van der Waals surface area contributed by atoms with Gasteiger partial charge in [0.05, 0.1) is 5.57 Å². The van der Waals surface area contributed by atoms with Crippen LogP contribution in [0.4, 0.5) is 0 Å². The summed E-state index contributed by atoms with van der Waals surface area (Å²) in [6.45, 7) is 0. The van der Waals surface area contributed by atoms with Gasteiger partial charge in [-0.15, -0.1) is 0 Å². The van der Waals surface area contributed by atoms with Gasteiger partial charge in [0.25, 0.3) is 0 Å². The Bertz CT molecular complexity index is 347. The Morgan fingerprint density at radius 1 is 1.29 bits per heavy atom. The molecule has 0 radical (unpaired) electrons. The van der Waals surface area contributed by atoms with Crippen LogP contribution in [0.3, 0.4) is 0 Å². The molecule has 14 heavy (non-hydrogen) atoms. The summed E-state index contributed by atoms with van der Waals surface area (Å²) in [4.78, 5) is 10.6. The number of allylic oxidation sites excluding steroid dienone is 5. The molecule has 0 heterocycles. The Labute approximate surface area is 82.5 Å². The largest absolute Gasteiger partial charge is 0.404 e. The number of hydrogen-bond donors (Lipinski definition) is 2. The quantitative estimate of drug-likeness (QED) is 0.394. The standard InChI is InChI=1S/C11H12N2O/c12-5-7(6-14)11(13)10-8-3-1-2-4-9(8)10/h1-6,8-10,13H,12H2/b7-5-,13-11?/t8-,9?,10?/m0/s1. The average Bonchev–Trinajstić information content (AvgIpc) is 2.93. The first-order valence-electron chi connectivity index (χ1n) is 4.60. The van der Waals surface area contributed by atoms with Gasteiger partial charge in [-0.05, 0) is 11.8 Å². The molecular formula is C11H12N2O. The Kier molecular flexibility index (Phi) is 2.08. The normalized spacial score (nSPS) is 33.7. The minimum Gasteiger partial charge on any atom is -0.404 e. The van der Waals surface area contributed by atoms with E-state index in [1.807, 2.05) is 12.2 Å². The van der Waals surface area contributed by atoms with Gasteiger partial charge in [-0.25, -0.2) is 0 Å². The Balaban J connectivity index is 2.13. The van der Waals surface area contributed by atoms with Crippen molar-refractivity contribution in [2.45, 2.75) is 0 Å². The molecule has 72 valence electrons. The fraction of sp³-hybridized carbons (Fsp3) is 0.273. The van der Waals surface area contributed by atoms with Crippen molar-refractivity contribution >= 4 is 12.0 Å². The van der Waals surface area contributed by atoms with E-state index in [9.17, 15) is 4.79 Å². The number of rotatable bonds is 3. The first kappa shape index (κ1) is 8.94. The summed E-state index contributed by atoms with van der Waals surface area (Å²) < 4.78 is 0. The molecule has 0 amide bonds. The van der Waals surface area contributed by atoms with Crippen LogP contribution in [0.2, 0.25) is 0 Å². The van der Waals surface area contributed by atoms with Crippen molar-refractivity contribution in [2.24, 2.45) is 23.5 Å². The van der Waals surface area contributed by atoms with E-state index in [0.717, 1.165) is 0 Å². The second-order valence-electron chi connectivity index (χ2n) is 3.60. The van der Waals surface area contributed by atoms with Crippen molar-refractivity contribution < 1.29 is 4.79 Å². The van der Waals surface area contributed by atoms with E-state index < -0.39 is 0 Å². The lowest BCUT2D eigenvalue weighted by molar-refractivity contribution is -0.104. The smallest absolute Gasteiger partial charge is 0.153 e. The van der Waals surface area contributed by atoms with Crippen molar-refractivity contribution in [3.63, 3.8) is 0 Å². The molecule has 0 aromatic rings. The molecule has 1 saturated carbocycles. The molecule has 2 aliphatic rings. The van der Waals surface area contributed by atoms with E-state index in [0.29, 0.717) is 29.4 Å². The third-order valence-electron chi connectivity index (χ3n) is 2.86. The fourth-order valence-electron chi connectivity index (χ4n) is 2.01. The second-order valence-corrected chi connectivity index (χ2v) is 3.60. The van der Waals surface area contributed by atoms with E-state index in [-0.39, 0.29) is 5.92 Å². The Morgan fingerprint density at radius 2 is 1.86 bits per heavy atom. The first-order valence-corrected chi connectivity index (χ1v) is 4.60. The van der Waals surface area contributed by atoms with Crippen LogP contribution in [-0.2, 0) is 4.79 Å². The van der Waals surface area contributed by atoms with E-state index in [1.165, 1.54) is 6.20 Å². The van der Waals surface area contributed by atoms with Crippen LogP contribution < -0.4 is 5.73 Å². The van der Waals surface area contributed by atoms with Gasteiger partial charge in [-0.2, -0.15) is 0 Å². The summed E-state index contributed by atoms with van der Waals surface area (Å²) >= 11 is 0. The molecule has 3 atom stereocenters. The van der Waals surface area contributed by atoms with Gasteiger partial charge in [0.15, 0.2) is 6.29 Å². The summed E-state index contributed by atoms with van der Waals surface area (Å²) in [6, 6.07) is 0. The molecule has 0 aromatic heterocycles. The molecule has 0 aromatic carbocycles. The number of carbonyl (C=O) groups is 1. The van der Waals surface area contributed by atoms with Crippen molar-refractivity contribution in [3.8, 4) is 0 Å². The highest BCUT2D eigenvalue weighted by atomic mass is 16.1. The van der Waals surface area contributed by atoms with Gasteiger partial charge in [0.1, 0.15) is 0 Å². The molecule has 0 aliphatic heterocycles. The highest BCUT2D eigenvalue weighted by Gasteiger charge is 2.50. The summed E-state index contributed by atoms with van der Waals surface area (Å²) in [7, 11) is 0. The summed E-state index contributed by atoms with van der Waals surface area (Å²) in [6.07, 6.45) is 10.0. The van der Waals surface area contributed by atoms with Crippen LogP contribution >= 0.6 is 0 Å². The van der Waals surface area contributed by atoms with Gasteiger partial charge < -0.3 is 11.1 Å². The molecule has 2 rings (SSSR count). The van der Waals surface area contributed by atoms with Crippen molar-refractivity contribution in [1.29, 1.82) is 5.41 Å². The summed E-state index contributed by atoms with van der Waals surface area (Å²) in [5, 5.41) is 7.81. The average molecular weight is 188 g/mol. The maximum Gasteiger partial charge on any atom is 0.153 e. The lowest BCUT2D eigenvalue weighted by Crippen LogP contribution is -2.09. The van der Waals surface area contributed by atoms with Crippen LogP contribution in [0.1, 0.15) is 0 Å². The number of fused-ring (bicyclic) bond motifs is 1. The number of nitrogens with one attached hydrogen (secondary N) is 1. The molecule has 3 N–H and O–H groups in total. The molecular weight excluding hydrogens is 176 g/mol. The fourth-order valence-corrected chi connectivity index (χ4v) is 2.01. The molecule has 3 nitrogen and oxygen atoms in total. The van der Waals surface area contributed by atoms with Crippen LogP contribution in [0.5, 0.6) is 0 Å². The van der Waals surface area contributed by atoms with Gasteiger partial charge in [-0.3, -0.25) is 4.79 Å². The first-order chi connectivity index (χ1) is 6.79. The number of nitrogens with two attached hydrogens (primary N) is 1. The number of aldehydes is 1. The molecule has 3 heteroatoms. The molecule has 1 fully saturated rings. The maximum atomic E-state index is 10.6. The minimum absolute atomic E-state index is 0.157. The third-order valence-corrected chi connectivity index (χ3v) is 2.86. The number of hydrogen-bond acceptors (Lipinski definition) is 3. The van der Waals surface area contributed by atoms with E-state index in [4.69, 9.17) is 11.1 Å². The Hall–Kier alpha value is -1.64. The zero-order valence-electron chi connectivity index (χ0n) is 7.68. The predicted octanol–water partition coefficient (Wildman–Crippen LogP) is 1.04. The monoisotopic (exact) mass is 188 g/mol. The number of carbonyl (C=O) groups excluding carboxylic acids is 1. The van der Waals surface area contributed by atoms with E-state index in [1.54, 1.807) is 0 Å². The van der Waals surface area contributed by atoms with Crippen LogP contribution in [-0.4, -0.2) is 12.0 Å². The Morgan fingerprint density at radius 3 is 2.29 bits per heavy atom. The van der Waals surface area contributed by atoms with Crippen LogP contribution in [0.15, 0.2) is 36.1 Å². The summed E-state index contributed by atoms with van der Waals surface area (Å²) in [5.74, 6) is 0.967. The predicted molar refractivity (Wildman–Crippen MR) is 54.8 cm³/mol. The lowest BCUT2D eigenvalue weighted by atomic mass is 10.1. The summed E-state index contributed by atoms with van der Waals surface area (Å²) in [5.41, 5.74) is 5.95. The van der Waals surface area contributed by atoms with Gasteiger partial charge >= 0.3 is 0 Å². The molecule has 0 spiro atoms. The SMILES string of the molecule is N=C(/C(C=O)=C\N)C1C2C=CC=C[C@@H]21. The van der Waals surface area contributed by atoms with Crippen molar-refractivity contribution in [1.82, 2.24) is 0 Å². The third kappa shape index (κ3) is 1.21. The molecule has 2 unspecified atom stereocenters. The van der Waals surface area contributed by atoms with Gasteiger partial charge in [0, 0.05) is 17.8 Å². The van der Waals surface area contributed by atoms with Gasteiger partial charge in [-0.1, -0.05) is 24.3 Å². The zero-order chi connectivity index (χ0) is 10.1. The van der Waals surface area contributed by atoms with Crippen molar-refractivity contribution in [2.75, 3.05) is 0 Å². The highest BCUT2D eigenvalue weighted by molar-refractivity contribution is 6.15. The van der Waals surface area contributed by atoms with Crippen molar-refractivity contribution in [3.05, 3.63) is 36.1 Å². The zero-order valence-corrected chi connectivity index (χ0v) is 7.68. The maximum absolute atomic E-state index is 10.6. The molecule has 2 aliphatic carbocycles. The van der Waals surface area contributed by atoms with Crippen LogP contribution in [0, 0.1) is 23.2 Å². The van der Waals surface area contributed by atoms with Gasteiger partial charge in [0.2, 0.25) is 0 Å². The molecule has 0 saturated heterocycles. The second kappa shape index (κ2) is 3.25. The molecule has 0 bridgehead atoms. The van der Waals surface area contributed by atoms with E-state index >= 15 is 0 Å². The minimum atomic E-state index is 0.157. The topological polar surface area (TPSA) is 66.9 Å².